The summed E-state index contributed by atoms with van der Waals surface area (Å²) in [6.07, 6.45) is 8.34. The topological polar surface area (TPSA) is 87.2 Å². The van der Waals surface area contributed by atoms with Crippen LogP contribution in [0.5, 0.6) is 0 Å². The summed E-state index contributed by atoms with van der Waals surface area (Å²) in [6.45, 7) is 2.03. The summed E-state index contributed by atoms with van der Waals surface area (Å²) in [7, 11) is 2.86. The standard InChI is InChI=1S/C18H24N2O5/c1-4-14(18(24)25-3)20-11-13(15(21)17(20)23)16(22)19(2)10-12-8-6-5-7-9-12/h6,8-9,14,21H,4-5,7,10-11H2,1-3H3. The highest BCUT2D eigenvalue weighted by molar-refractivity contribution is 6.08. The molecule has 0 radical (unpaired) electrons. The molecular weight excluding hydrogens is 324 g/mol. The van der Waals surface area contributed by atoms with Crippen LogP contribution in [0, 0.1) is 0 Å². The molecular formula is C18H24N2O5. The maximum Gasteiger partial charge on any atom is 0.328 e. The first kappa shape index (κ1) is 18.8. The van der Waals surface area contributed by atoms with E-state index >= 15 is 0 Å². The molecule has 1 N–H and O–H groups in total. The average molecular weight is 348 g/mol. The molecule has 1 atom stereocenters. The molecule has 1 aliphatic carbocycles. The lowest BCUT2D eigenvalue weighted by molar-refractivity contribution is -0.151. The molecule has 0 saturated carbocycles. The molecule has 0 aromatic rings. The van der Waals surface area contributed by atoms with Crippen molar-refractivity contribution in [1.29, 1.82) is 0 Å². The van der Waals surface area contributed by atoms with Gasteiger partial charge in [0, 0.05) is 13.6 Å². The number of carbonyl (C=O) groups excluding carboxylic acids is 3. The highest BCUT2D eigenvalue weighted by Crippen LogP contribution is 2.23. The maximum atomic E-state index is 12.6. The third kappa shape index (κ3) is 3.92. The molecule has 0 fully saturated rings. The van der Waals surface area contributed by atoms with Crippen LogP contribution in [-0.2, 0) is 19.1 Å². The van der Waals surface area contributed by atoms with Gasteiger partial charge in [-0.05, 0) is 24.8 Å². The van der Waals surface area contributed by atoms with Gasteiger partial charge in [0.2, 0.25) is 0 Å². The predicted molar refractivity (Wildman–Crippen MR) is 91.6 cm³/mol. The summed E-state index contributed by atoms with van der Waals surface area (Å²) in [4.78, 5) is 39.4. The van der Waals surface area contributed by atoms with Crippen LogP contribution in [0.15, 0.2) is 35.1 Å². The summed E-state index contributed by atoms with van der Waals surface area (Å²) in [5.74, 6) is -2.30. The number of likely N-dealkylation sites (N-methyl/N-ethyl adjacent to an activating group) is 1. The van der Waals surface area contributed by atoms with Crippen LogP contribution in [-0.4, -0.2) is 66.0 Å². The third-order valence-electron chi connectivity index (χ3n) is 4.41. The largest absolute Gasteiger partial charge is 0.503 e. The van der Waals surface area contributed by atoms with E-state index in [-0.39, 0.29) is 12.1 Å². The molecule has 2 rings (SSSR count). The Morgan fingerprint density at radius 1 is 1.40 bits per heavy atom. The number of aliphatic hydroxyl groups is 1. The Morgan fingerprint density at radius 2 is 2.12 bits per heavy atom. The van der Waals surface area contributed by atoms with Crippen LogP contribution in [0.1, 0.15) is 26.2 Å². The first-order valence-electron chi connectivity index (χ1n) is 8.32. The Bertz CT molecular complexity index is 662. The van der Waals surface area contributed by atoms with Gasteiger partial charge in [-0.15, -0.1) is 0 Å². The first-order chi connectivity index (χ1) is 11.9. The van der Waals surface area contributed by atoms with Crippen molar-refractivity contribution >= 4 is 17.8 Å². The molecule has 0 saturated heterocycles. The number of esters is 1. The molecule has 0 bridgehead atoms. The average Bonchev–Trinajstić information content (AvgIpc) is 2.91. The second-order valence-corrected chi connectivity index (χ2v) is 6.13. The molecule has 7 nitrogen and oxygen atoms in total. The minimum absolute atomic E-state index is 0.00948. The second kappa shape index (κ2) is 8.00. The predicted octanol–water partition coefficient (Wildman–Crippen LogP) is 1.33. The van der Waals surface area contributed by atoms with Crippen LogP contribution in [0.2, 0.25) is 0 Å². The summed E-state index contributed by atoms with van der Waals surface area (Å²) in [6, 6.07) is -0.820. The minimum atomic E-state index is -0.820. The van der Waals surface area contributed by atoms with E-state index in [0.717, 1.165) is 18.4 Å². The number of carbonyl (C=O) groups is 3. The van der Waals surface area contributed by atoms with Crippen LogP contribution < -0.4 is 0 Å². The zero-order chi connectivity index (χ0) is 18.6. The molecule has 2 aliphatic rings. The van der Waals surface area contributed by atoms with Crippen molar-refractivity contribution in [2.45, 2.75) is 32.2 Å². The van der Waals surface area contributed by atoms with Gasteiger partial charge in [-0.3, -0.25) is 9.59 Å². The Labute approximate surface area is 147 Å². The van der Waals surface area contributed by atoms with Crippen molar-refractivity contribution in [1.82, 2.24) is 9.80 Å². The molecule has 0 aromatic carbocycles. The van der Waals surface area contributed by atoms with Crippen molar-refractivity contribution in [3.05, 3.63) is 35.1 Å². The zero-order valence-corrected chi connectivity index (χ0v) is 14.8. The molecule has 0 aromatic heterocycles. The molecule has 25 heavy (non-hydrogen) atoms. The number of hydrogen-bond donors (Lipinski definition) is 1. The molecule has 7 heteroatoms. The fourth-order valence-corrected chi connectivity index (χ4v) is 3.01. The molecule has 2 amide bonds. The van der Waals surface area contributed by atoms with E-state index in [1.54, 1.807) is 14.0 Å². The van der Waals surface area contributed by atoms with Gasteiger partial charge >= 0.3 is 5.97 Å². The van der Waals surface area contributed by atoms with Crippen LogP contribution in [0.4, 0.5) is 0 Å². The fraction of sp³-hybridized carbons (Fsp3) is 0.500. The summed E-state index contributed by atoms with van der Waals surface area (Å²) in [5, 5.41) is 10.1. The molecule has 1 unspecified atom stereocenters. The van der Waals surface area contributed by atoms with Crippen molar-refractivity contribution in [2.24, 2.45) is 0 Å². The maximum absolute atomic E-state index is 12.6. The van der Waals surface area contributed by atoms with E-state index in [0.29, 0.717) is 13.0 Å². The van der Waals surface area contributed by atoms with Gasteiger partial charge < -0.3 is 19.6 Å². The van der Waals surface area contributed by atoms with Crippen molar-refractivity contribution < 1.29 is 24.2 Å². The van der Waals surface area contributed by atoms with E-state index in [1.807, 2.05) is 12.2 Å². The zero-order valence-electron chi connectivity index (χ0n) is 14.8. The number of rotatable bonds is 6. The molecule has 0 spiro atoms. The van der Waals surface area contributed by atoms with Gasteiger partial charge in [-0.25, -0.2) is 4.79 Å². The van der Waals surface area contributed by atoms with Crippen LogP contribution in [0.3, 0.4) is 0 Å². The second-order valence-electron chi connectivity index (χ2n) is 6.13. The third-order valence-corrected chi connectivity index (χ3v) is 4.41. The van der Waals surface area contributed by atoms with Gasteiger partial charge in [0.25, 0.3) is 11.8 Å². The first-order valence-corrected chi connectivity index (χ1v) is 8.32. The highest BCUT2D eigenvalue weighted by atomic mass is 16.5. The lowest BCUT2D eigenvalue weighted by Gasteiger charge is -2.25. The number of nitrogens with zero attached hydrogens (tertiary/aromatic N) is 2. The summed E-state index contributed by atoms with van der Waals surface area (Å²) in [5.41, 5.74) is 1.03. The van der Waals surface area contributed by atoms with Gasteiger partial charge in [0.1, 0.15) is 6.04 Å². The molecule has 1 heterocycles. The van der Waals surface area contributed by atoms with E-state index in [9.17, 15) is 19.5 Å². The van der Waals surface area contributed by atoms with Crippen LogP contribution in [0.25, 0.3) is 0 Å². The monoisotopic (exact) mass is 348 g/mol. The van der Waals surface area contributed by atoms with E-state index < -0.39 is 29.6 Å². The Morgan fingerprint density at radius 3 is 2.68 bits per heavy atom. The number of ether oxygens (including phenoxy) is 1. The smallest absolute Gasteiger partial charge is 0.328 e. The Balaban J connectivity index is 2.11. The number of allylic oxidation sites excluding steroid dienone is 2. The van der Waals surface area contributed by atoms with Gasteiger partial charge in [0.15, 0.2) is 5.76 Å². The van der Waals surface area contributed by atoms with Crippen molar-refractivity contribution in [3.8, 4) is 0 Å². The number of aliphatic hydroxyl groups excluding tert-OH is 1. The van der Waals surface area contributed by atoms with E-state index in [4.69, 9.17) is 4.74 Å². The number of amides is 2. The Kier molecular flexibility index (Phi) is 6.01. The lowest BCUT2D eigenvalue weighted by atomic mass is 10.1. The van der Waals surface area contributed by atoms with E-state index in [1.165, 1.54) is 16.9 Å². The number of hydrogen-bond acceptors (Lipinski definition) is 5. The summed E-state index contributed by atoms with van der Waals surface area (Å²) < 4.78 is 4.70. The van der Waals surface area contributed by atoms with Crippen molar-refractivity contribution in [3.63, 3.8) is 0 Å². The van der Waals surface area contributed by atoms with Gasteiger partial charge in [0.05, 0.1) is 19.2 Å². The minimum Gasteiger partial charge on any atom is -0.503 e. The summed E-state index contributed by atoms with van der Waals surface area (Å²) >= 11 is 0. The lowest BCUT2D eigenvalue weighted by Crippen LogP contribution is -2.44. The SMILES string of the molecule is CCC(C(=O)OC)N1CC(C(=O)N(C)CC2=CCCC=C2)=C(O)C1=O. The highest BCUT2D eigenvalue weighted by Gasteiger charge is 2.40. The van der Waals surface area contributed by atoms with Crippen LogP contribution >= 0.6 is 0 Å². The molecule has 1 aliphatic heterocycles. The normalized spacial score (nSPS) is 18.3. The van der Waals surface area contributed by atoms with Crippen molar-refractivity contribution in [2.75, 3.05) is 27.2 Å². The quantitative estimate of drug-likeness (QED) is 0.732. The van der Waals surface area contributed by atoms with Gasteiger partial charge in [-0.1, -0.05) is 25.2 Å². The van der Waals surface area contributed by atoms with Gasteiger partial charge in [-0.2, -0.15) is 0 Å². The van der Waals surface area contributed by atoms with E-state index in [2.05, 4.69) is 6.08 Å². The number of methoxy groups -OCH3 is 1. The fourth-order valence-electron chi connectivity index (χ4n) is 3.01. The Hall–Kier alpha value is -2.57. The molecule has 136 valence electrons.